The molecule has 0 saturated heterocycles. The largest absolute Gasteiger partial charge is 0.402 e. The molecule has 1 aromatic heterocycles. The lowest BCUT2D eigenvalue weighted by molar-refractivity contribution is -0.129. The third-order valence-corrected chi connectivity index (χ3v) is 3.78. The number of thiophene rings is 1. The Kier molecular flexibility index (Phi) is 3.38. The molecule has 0 spiro atoms. The fourth-order valence-corrected chi connectivity index (χ4v) is 2.70. The summed E-state index contributed by atoms with van der Waals surface area (Å²) in [5.41, 5.74) is 0.287. The molecule has 3 nitrogen and oxygen atoms in total. The number of nitrogens with zero attached hydrogens (tertiary/aromatic N) is 1. The number of cyclic esters (lactones) is 1. The minimum atomic E-state index is -0.604. The molecule has 0 amide bonds. The molecule has 1 aliphatic heterocycles. The monoisotopic (exact) mass is 307 g/mol. The van der Waals surface area contributed by atoms with Crippen LogP contribution in [-0.2, 0) is 9.53 Å². The van der Waals surface area contributed by atoms with Gasteiger partial charge in [-0.25, -0.2) is 14.2 Å². The minimum absolute atomic E-state index is 0.0259. The molecule has 20 heavy (non-hydrogen) atoms. The normalized spacial score (nSPS) is 16.4. The van der Waals surface area contributed by atoms with Gasteiger partial charge in [-0.05, 0) is 30.3 Å². The van der Waals surface area contributed by atoms with Crippen molar-refractivity contribution >= 4 is 40.9 Å². The van der Waals surface area contributed by atoms with Crippen LogP contribution in [0.1, 0.15) is 10.4 Å². The van der Waals surface area contributed by atoms with Crippen LogP contribution in [0.2, 0.25) is 4.34 Å². The summed E-state index contributed by atoms with van der Waals surface area (Å²) in [4.78, 5) is 16.5. The fourth-order valence-electron chi connectivity index (χ4n) is 1.70. The minimum Gasteiger partial charge on any atom is -0.402 e. The van der Waals surface area contributed by atoms with Crippen molar-refractivity contribution in [2.45, 2.75) is 0 Å². The zero-order chi connectivity index (χ0) is 14.1. The van der Waals surface area contributed by atoms with Crippen LogP contribution < -0.4 is 0 Å². The van der Waals surface area contributed by atoms with Crippen molar-refractivity contribution in [1.29, 1.82) is 0 Å². The Balaban J connectivity index is 1.97. The third-order valence-electron chi connectivity index (χ3n) is 2.60. The average Bonchev–Trinajstić information content (AvgIpc) is 2.98. The SMILES string of the molecule is O=C1OC(c2ccccc2F)=N/C1=C\c1ccc(Cl)s1. The predicted molar refractivity (Wildman–Crippen MR) is 76.3 cm³/mol. The molecular formula is C14H7ClFNO2S. The van der Waals surface area contributed by atoms with Crippen LogP contribution in [0.25, 0.3) is 6.08 Å². The number of esters is 1. The average molecular weight is 308 g/mol. The highest BCUT2D eigenvalue weighted by Gasteiger charge is 2.25. The molecule has 0 N–H and O–H groups in total. The maximum absolute atomic E-state index is 13.6. The summed E-state index contributed by atoms with van der Waals surface area (Å²) < 4.78 is 19.2. The maximum atomic E-state index is 13.6. The topological polar surface area (TPSA) is 38.7 Å². The van der Waals surface area contributed by atoms with Gasteiger partial charge in [-0.1, -0.05) is 23.7 Å². The van der Waals surface area contributed by atoms with E-state index in [2.05, 4.69) is 4.99 Å². The standard InChI is InChI=1S/C14H7ClFNO2S/c15-12-6-5-8(20-12)7-11-14(18)19-13(17-11)9-3-1-2-4-10(9)16/h1-7H/b11-7-. The highest BCUT2D eigenvalue weighted by molar-refractivity contribution is 7.17. The van der Waals surface area contributed by atoms with Gasteiger partial charge in [0, 0.05) is 4.88 Å². The Morgan fingerprint density at radius 2 is 2.05 bits per heavy atom. The van der Waals surface area contributed by atoms with Crippen LogP contribution in [0.3, 0.4) is 0 Å². The summed E-state index contributed by atoms with van der Waals surface area (Å²) in [6.07, 6.45) is 1.56. The number of carbonyl (C=O) groups excluding carboxylic acids is 1. The number of halogens is 2. The predicted octanol–water partition coefficient (Wildman–Crippen LogP) is 3.89. The van der Waals surface area contributed by atoms with Gasteiger partial charge in [0.15, 0.2) is 5.70 Å². The van der Waals surface area contributed by atoms with Crippen molar-refractivity contribution in [2.24, 2.45) is 4.99 Å². The summed E-state index contributed by atoms with van der Waals surface area (Å²) in [5.74, 6) is -1.12. The van der Waals surface area contributed by atoms with E-state index >= 15 is 0 Å². The molecule has 0 aliphatic carbocycles. The quantitative estimate of drug-likeness (QED) is 0.624. The van der Waals surface area contributed by atoms with E-state index < -0.39 is 11.8 Å². The number of carbonyl (C=O) groups is 1. The van der Waals surface area contributed by atoms with E-state index in [0.717, 1.165) is 4.88 Å². The Bertz CT molecular complexity index is 751. The number of hydrogen-bond acceptors (Lipinski definition) is 4. The highest BCUT2D eigenvalue weighted by Crippen LogP contribution is 2.26. The van der Waals surface area contributed by atoms with Gasteiger partial charge in [0.25, 0.3) is 0 Å². The first-order valence-electron chi connectivity index (χ1n) is 5.66. The molecule has 100 valence electrons. The summed E-state index contributed by atoms with van der Waals surface area (Å²) in [6.45, 7) is 0. The molecule has 2 heterocycles. The number of hydrogen-bond donors (Lipinski definition) is 0. The van der Waals surface area contributed by atoms with Crippen LogP contribution in [0.15, 0.2) is 47.1 Å². The van der Waals surface area contributed by atoms with E-state index in [-0.39, 0.29) is 17.2 Å². The van der Waals surface area contributed by atoms with Crippen molar-refractivity contribution in [3.63, 3.8) is 0 Å². The van der Waals surface area contributed by atoms with E-state index in [0.29, 0.717) is 4.34 Å². The first kappa shape index (κ1) is 13.0. The molecule has 0 bridgehead atoms. The Morgan fingerprint density at radius 1 is 1.25 bits per heavy atom. The Labute approximate surface area is 123 Å². The number of rotatable bonds is 2. The second-order valence-electron chi connectivity index (χ2n) is 3.96. The Morgan fingerprint density at radius 3 is 2.75 bits per heavy atom. The first-order chi connectivity index (χ1) is 9.63. The van der Waals surface area contributed by atoms with Crippen molar-refractivity contribution in [1.82, 2.24) is 0 Å². The van der Waals surface area contributed by atoms with Crippen molar-refractivity contribution < 1.29 is 13.9 Å². The van der Waals surface area contributed by atoms with Crippen molar-refractivity contribution in [3.8, 4) is 0 Å². The van der Waals surface area contributed by atoms with Crippen LogP contribution in [-0.4, -0.2) is 11.9 Å². The van der Waals surface area contributed by atoms with Crippen LogP contribution in [0.5, 0.6) is 0 Å². The molecule has 1 aromatic carbocycles. The number of aliphatic imine (C=N–C) groups is 1. The molecule has 0 unspecified atom stereocenters. The zero-order valence-corrected chi connectivity index (χ0v) is 11.5. The molecule has 1 aliphatic rings. The smallest absolute Gasteiger partial charge is 0.363 e. The molecule has 2 aromatic rings. The summed E-state index contributed by atoms with van der Waals surface area (Å²) in [5, 5.41) is 0. The molecule has 0 atom stereocenters. The van der Waals surface area contributed by atoms with Gasteiger partial charge >= 0.3 is 5.97 Å². The lowest BCUT2D eigenvalue weighted by atomic mass is 10.2. The van der Waals surface area contributed by atoms with Crippen molar-refractivity contribution in [2.75, 3.05) is 0 Å². The molecule has 6 heteroatoms. The van der Waals surface area contributed by atoms with Gasteiger partial charge in [0.1, 0.15) is 5.82 Å². The third kappa shape index (κ3) is 2.50. The Hall–Kier alpha value is -1.98. The van der Waals surface area contributed by atoms with Gasteiger partial charge in [-0.15, -0.1) is 11.3 Å². The number of benzene rings is 1. The van der Waals surface area contributed by atoms with Gasteiger partial charge in [-0.3, -0.25) is 0 Å². The van der Waals surface area contributed by atoms with E-state index in [1.807, 2.05) is 0 Å². The zero-order valence-electron chi connectivity index (χ0n) is 9.97. The maximum Gasteiger partial charge on any atom is 0.363 e. The van der Waals surface area contributed by atoms with E-state index in [1.165, 1.54) is 23.5 Å². The second-order valence-corrected chi connectivity index (χ2v) is 5.70. The first-order valence-corrected chi connectivity index (χ1v) is 6.86. The van der Waals surface area contributed by atoms with Gasteiger partial charge in [-0.2, -0.15) is 0 Å². The molecule has 0 saturated carbocycles. The van der Waals surface area contributed by atoms with Gasteiger partial charge in [0.05, 0.1) is 9.90 Å². The van der Waals surface area contributed by atoms with Crippen LogP contribution in [0.4, 0.5) is 4.39 Å². The summed E-state index contributed by atoms with van der Waals surface area (Å²) in [6, 6.07) is 9.49. The van der Waals surface area contributed by atoms with Crippen LogP contribution in [0, 0.1) is 5.82 Å². The molecular weight excluding hydrogens is 301 g/mol. The van der Waals surface area contributed by atoms with E-state index in [1.54, 1.807) is 30.3 Å². The van der Waals surface area contributed by atoms with E-state index in [4.69, 9.17) is 16.3 Å². The van der Waals surface area contributed by atoms with Crippen LogP contribution >= 0.6 is 22.9 Å². The van der Waals surface area contributed by atoms with Gasteiger partial charge in [0.2, 0.25) is 5.90 Å². The second kappa shape index (κ2) is 5.19. The highest BCUT2D eigenvalue weighted by atomic mass is 35.5. The summed E-state index contributed by atoms with van der Waals surface area (Å²) >= 11 is 7.13. The lowest BCUT2D eigenvalue weighted by Crippen LogP contribution is -2.07. The fraction of sp³-hybridized carbons (Fsp3) is 0. The van der Waals surface area contributed by atoms with Gasteiger partial charge < -0.3 is 4.74 Å². The van der Waals surface area contributed by atoms with E-state index in [9.17, 15) is 9.18 Å². The molecule has 0 fully saturated rings. The van der Waals surface area contributed by atoms with Crippen molar-refractivity contribution in [3.05, 3.63) is 62.7 Å². The summed E-state index contributed by atoms with van der Waals surface area (Å²) in [7, 11) is 0. The lowest BCUT2D eigenvalue weighted by Gasteiger charge is -1.99. The molecule has 3 rings (SSSR count). The molecule has 0 radical (unpaired) electrons. The number of ether oxygens (including phenoxy) is 1.